The molecule has 22 heavy (non-hydrogen) atoms. The molecule has 0 saturated carbocycles. The van der Waals surface area contributed by atoms with Gasteiger partial charge in [0.05, 0.1) is 12.8 Å². The van der Waals surface area contributed by atoms with Crippen molar-refractivity contribution >= 4 is 17.3 Å². The number of aryl methyl sites for hydroxylation is 1. The van der Waals surface area contributed by atoms with Crippen molar-refractivity contribution in [3.8, 4) is 11.5 Å². The van der Waals surface area contributed by atoms with Crippen LogP contribution in [0.15, 0.2) is 42.5 Å². The van der Waals surface area contributed by atoms with Crippen LogP contribution in [0.4, 0.5) is 11.4 Å². The molecule has 0 saturated heterocycles. The van der Waals surface area contributed by atoms with Crippen molar-refractivity contribution in [2.24, 2.45) is 0 Å². The van der Waals surface area contributed by atoms with Crippen molar-refractivity contribution in [1.82, 2.24) is 0 Å². The normalized spacial score (nSPS) is 11.6. The fourth-order valence-electron chi connectivity index (χ4n) is 2.00. The molecule has 5 nitrogen and oxygen atoms in total. The molecule has 0 heterocycles. The lowest BCUT2D eigenvalue weighted by Gasteiger charge is -2.16. The number of carbonyl (C=O) groups is 1. The number of hydrogen-bond acceptors (Lipinski definition) is 4. The summed E-state index contributed by atoms with van der Waals surface area (Å²) in [6.07, 6.45) is -0.645. The summed E-state index contributed by atoms with van der Waals surface area (Å²) in [7, 11) is 1.54. The van der Waals surface area contributed by atoms with Crippen LogP contribution >= 0.6 is 0 Å². The van der Waals surface area contributed by atoms with E-state index >= 15 is 0 Å². The van der Waals surface area contributed by atoms with Gasteiger partial charge in [-0.2, -0.15) is 0 Å². The Morgan fingerprint density at radius 1 is 1.23 bits per heavy atom. The van der Waals surface area contributed by atoms with Gasteiger partial charge in [0.1, 0.15) is 11.5 Å². The Hall–Kier alpha value is -2.69. The number of ether oxygens (including phenoxy) is 2. The summed E-state index contributed by atoms with van der Waals surface area (Å²) in [6, 6.07) is 12.6. The van der Waals surface area contributed by atoms with E-state index in [4.69, 9.17) is 15.2 Å². The van der Waals surface area contributed by atoms with Crippen LogP contribution in [0.25, 0.3) is 0 Å². The molecule has 0 unspecified atom stereocenters. The maximum absolute atomic E-state index is 12.2. The summed E-state index contributed by atoms with van der Waals surface area (Å²) in [5.74, 6) is 0.929. The molecule has 0 radical (unpaired) electrons. The highest BCUT2D eigenvalue weighted by atomic mass is 16.5. The Balaban J connectivity index is 2.07. The largest absolute Gasteiger partial charge is 0.495 e. The molecule has 0 spiro atoms. The summed E-state index contributed by atoms with van der Waals surface area (Å²) in [6.45, 7) is 3.66. The van der Waals surface area contributed by atoms with E-state index in [0.717, 1.165) is 5.56 Å². The summed E-state index contributed by atoms with van der Waals surface area (Å²) >= 11 is 0. The van der Waals surface area contributed by atoms with Crippen LogP contribution in [0.2, 0.25) is 0 Å². The number of methoxy groups -OCH3 is 1. The molecule has 0 fully saturated rings. The molecule has 5 heteroatoms. The quantitative estimate of drug-likeness (QED) is 0.833. The zero-order chi connectivity index (χ0) is 16.1. The third-order valence-corrected chi connectivity index (χ3v) is 3.15. The van der Waals surface area contributed by atoms with E-state index in [1.807, 2.05) is 31.2 Å². The number of rotatable bonds is 5. The summed E-state index contributed by atoms with van der Waals surface area (Å²) in [5, 5.41) is 2.77. The highest BCUT2D eigenvalue weighted by Gasteiger charge is 2.17. The van der Waals surface area contributed by atoms with Gasteiger partial charge in [0, 0.05) is 5.69 Å². The Bertz CT molecular complexity index is 671. The Morgan fingerprint density at radius 3 is 2.68 bits per heavy atom. The molecule has 1 atom stereocenters. The molecule has 3 N–H and O–H groups in total. The third-order valence-electron chi connectivity index (χ3n) is 3.15. The van der Waals surface area contributed by atoms with Gasteiger partial charge < -0.3 is 20.5 Å². The number of carbonyl (C=O) groups excluding carboxylic acids is 1. The lowest BCUT2D eigenvalue weighted by Crippen LogP contribution is -2.30. The molecule has 1 amide bonds. The van der Waals surface area contributed by atoms with Crippen LogP contribution in [0.1, 0.15) is 12.5 Å². The average molecular weight is 300 g/mol. The second kappa shape index (κ2) is 6.85. The zero-order valence-electron chi connectivity index (χ0n) is 12.9. The van der Waals surface area contributed by atoms with Crippen molar-refractivity contribution < 1.29 is 14.3 Å². The number of amides is 1. The predicted molar refractivity (Wildman–Crippen MR) is 87.3 cm³/mol. The van der Waals surface area contributed by atoms with Crippen LogP contribution in [-0.2, 0) is 4.79 Å². The summed E-state index contributed by atoms with van der Waals surface area (Å²) in [5.41, 5.74) is 7.87. The van der Waals surface area contributed by atoms with E-state index in [1.165, 1.54) is 7.11 Å². The molecule has 2 aromatic carbocycles. The first-order chi connectivity index (χ1) is 10.5. The topological polar surface area (TPSA) is 73.6 Å². The minimum absolute atomic E-state index is 0.273. The van der Waals surface area contributed by atoms with E-state index < -0.39 is 6.10 Å². The Labute approximate surface area is 130 Å². The summed E-state index contributed by atoms with van der Waals surface area (Å²) < 4.78 is 10.9. The first-order valence-electron chi connectivity index (χ1n) is 6.97. The minimum atomic E-state index is -0.645. The van der Waals surface area contributed by atoms with E-state index in [9.17, 15) is 4.79 Å². The van der Waals surface area contributed by atoms with Crippen molar-refractivity contribution in [3.05, 3.63) is 48.0 Å². The molecule has 0 aliphatic rings. The van der Waals surface area contributed by atoms with E-state index in [-0.39, 0.29) is 5.91 Å². The fraction of sp³-hybridized carbons (Fsp3) is 0.235. The molecule has 0 aliphatic carbocycles. The number of nitrogens with one attached hydrogen (secondary N) is 1. The van der Waals surface area contributed by atoms with Crippen molar-refractivity contribution in [1.29, 1.82) is 0 Å². The van der Waals surface area contributed by atoms with Gasteiger partial charge in [-0.1, -0.05) is 12.1 Å². The maximum atomic E-state index is 12.2. The van der Waals surface area contributed by atoms with Gasteiger partial charge in [-0.3, -0.25) is 4.79 Å². The van der Waals surface area contributed by atoms with Crippen LogP contribution < -0.4 is 20.5 Å². The van der Waals surface area contributed by atoms with Gasteiger partial charge in [-0.05, 0) is 49.7 Å². The number of nitrogens with two attached hydrogens (primary N) is 1. The molecule has 116 valence electrons. The molecule has 2 rings (SSSR count). The van der Waals surface area contributed by atoms with Gasteiger partial charge in [-0.25, -0.2) is 0 Å². The molecule has 0 bridgehead atoms. The Morgan fingerprint density at radius 2 is 2.00 bits per heavy atom. The number of benzene rings is 2. The van der Waals surface area contributed by atoms with Crippen LogP contribution in [0.3, 0.4) is 0 Å². The minimum Gasteiger partial charge on any atom is -0.495 e. The Kier molecular flexibility index (Phi) is 4.88. The monoisotopic (exact) mass is 300 g/mol. The van der Waals surface area contributed by atoms with Crippen LogP contribution in [0, 0.1) is 6.92 Å². The number of nitrogen functional groups attached to an aromatic ring is 1. The average Bonchev–Trinajstić information content (AvgIpc) is 2.47. The number of hydrogen-bond donors (Lipinski definition) is 2. The standard InChI is InChI=1S/C17H20N2O3/c1-11-5-4-6-14(9-11)22-12(2)17(20)19-15-10-13(18)7-8-16(15)21-3/h4-10,12H,18H2,1-3H3,(H,19,20)/t12-/m1/s1. The predicted octanol–water partition coefficient (Wildman–Crippen LogP) is 2.99. The lowest BCUT2D eigenvalue weighted by molar-refractivity contribution is -0.122. The highest BCUT2D eigenvalue weighted by molar-refractivity contribution is 5.95. The first-order valence-corrected chi connectivity index (χ1v) is 6.97. The maximum Gasteiger partial charge on any atom is 0.265 e. The third kappa shape index (κ3) is 3.91. The first kappa shape index (κ1) is 15.7. The molecule has 0 aromatic heterocycles. The zero-order valence-corrected chi connectivity index (χ0v) is 12.9. The van der Waals surface area contributed by atoms with Crippen molar-refractivity contribution in [3.63, 3.8) is 0 Å². The second-order valence-corrected chi connectivity index (χ2v) is 5.03. The smallest absolute Gasteiger partial charge is 0.265 e. The van der Waals surface area contributed by atoms with Gasteiger partial charge in [0.25, 0.3) is 5.91 Å². The summed E-state index contributed by atoms with van der Waals surface area (Å²) in [4.78, 5) is 12.2. The van der Waals surface area contributed by atoms with E-state index in [0.29, 0.717) is 22.9 Å². The molecule has 0 aliphatic heterocycles. The highest BCUT2D eigenvalue weighted by Crippen LogP contribution is 2.26. The van der Waals surface area contributed by atoms with Crippen LogP contribution in [0.5, 0.6) is 11.5 Å². The molecular formula is C17H20N2O3. The molecular weight excluding hydrogens is 280 g/mol. The number of anilines is 2. The van der Waals surface area contributed by atoms with E-state index in [1.54, 1.807) is 25.1 Å². The lowest BCUT2D eigenvalue weighted by atomic mass is 10.2. The van der Waals surface area contributed by atoms with Gasteiger partial charge >= 0.3 is 0 Å². The SMILES string of the molecule is COc1ccc(N)cc1NC(=O)[C@@H](C)Oc1cccc(C)c1. The van der Waals surface area contributed by atoms with Gasteiger partial charge in [-0.15, -0.1) is 0 Å². The van der Waals surface area contributed by atoms with Crippen LogP contribution in [-0.4, -0.2) is 19.1 Å². The fourth-order valence-corrected chi connectivity index (χ4v) is 2.00. The van der Waals surface area contributed by atoms with Crippen molar-refractivity contribution in [2.45, 2.75) is 20.0 Å². The second-order valence-electron chi connectivity index (χ2n) is 5.03. The van der Waals surface area contributed by atoms with Gasteiger partial charge in [0.15, 0.2) is 6.10 Å². The van der Waals surface area contributed by atoms with Gasteiger partial charge in [0.2, 0.25) is 0 Å². The molecule has 2 aromatic rings. The van der Waals surface area contributed by atoms with E-state index in [2.05, 4.69) is 5.32 Å². The van der Waals surface area contributed by atoms with Crippen molar-refractivity contribution in [2.75, 3.05) is 18.2 Å².